The molecule has 0 saturated heterocycles. The molecule has 3 rings (SSSR count). The van der Waals surface area contributed by atoms with Gasteiger partial charge in [0.2, 0.25) is 17.5 Å². The summed E-state index contributed by atoms with van der Waals surface area (Å²) in [5, 5.41) is 3.49. The van der Waals surface area contributed by atoms with Gasteiger partial charge in [0.25, 0.3) is 5.56 Å². The van der Waals surface area contributed by atoms with E-state index in [2.05, 4.69) is 5.32 Å². The first kappa shape index (κ1) is 30.6. The standard InChI is InChI=1S/C27H25ClF4N2O6/c1-3-9-39-22(36)12-19(21(35)13-40-25-23(31)17(29)11-18(30)24(25)32)33-26(37)20(4-2)34-8-7-14-5-6-15(28)10-16(14)27(34)38/h5-8,10-11,19-20H,3-4,9,12-13H2,1-2H3,(H,33,37)/t19-,20?/m0/s1. The Labute approximate surface area is 230 Å². The van der Waals surface area contributed by atoms with Crippen LogP contribution in [0.4, 0.5) is 17.6 Å². The molecule has 3 aromatic rings. The second-order valence-electron chi connectivity index (χ2n) is 8.72. The number of esters is 1. The average Bonchev–Trinajstić information content (AvgIpc) is 2.92. The molecule has 1 N–H and O–H groups in total. The highest BCUT2D eigenvalue weighted by Crippen LogP contribution is 2.26. The zero-order chi connectivity index (χ0) is 29.6. The number of carbonyl (C=O) groups is 3. The van der Waals surface area contributed by atoms with Crippen molar-refractivity contribution in [2.24, 2.45) is 0 Å². The number of Topliss-reactive ketones (excluding diaryl/α,β-unsaturated/α-hetero) is 1. The number of amides is 1. The summed E-state index contributed by atoms with van der Waals surface area (Å²) >= 11 is 6.01. The lowest BCUT2D eigenvalue weighted by atomic mass is 10.1. The summed E-state index contributed by atoms with van der Waals surface area (Å²) in [5.41, 5.74) is -0.533. The maximum absolute atomic E-state index is 14.0. The topological polar surface area (TPSA) is 104 Å². The van der Waals surface area contributed by atoms with E-state index in [0.29, 0.717) is 16.8 Å². The first-order chi connectivity index (χ1) is 19.0. The summed E-state index contributed by atoms with van der Waals surface area (Å²) in [5.74, 6) is -11.5. The molecule has 0 aliphatic carbocycles. The fraction of sp³-hybridized carbons (Fsp3) is 0.333. The van der Waals surface area contributed by atoms with Gasteiger partial charge in [-0.1, -0.05) is 31.5 Å². The van der Waals surface area contributed by atoms with Gasteiger partial charge in [0.1, 0.15) is 18.7 Å². The number of nitrogens with zero attached hydrogens (tertiary/aromatic N) is 1. The first-order valence-corrected chi connectivity index (χ1v) is 12.6. The molecule has 0 aliphatic heterocycles. The van der Waals surface area contributed by atoms with Crippen LogP contribution in [0.1, 0.15) is 39.2 Å². The van der Waals surface area contributed by atoms with Crippen molar-refractivity contribution in [2.75, 3.05) is 13.2 Å². The van der Waals surface area contributed by atoms with E-state index in [1.807, 2.05) is 0 Å². The Morgan fingerprint density at radius 3 is 2.33 bits per heavy atom. The highest BCUT2D eigenvalue weighted by molar-refractivity contribution is 6.31. The molecule has 0 aliphatic rings. The van der Waals surface area contributed by atoms with Crippen LogP contribution in [0.25, 0.3) is 10.8 Å². The molecule has 8 nitrogen and oxygen atoms in total. The molecule has 2 atom stereocenters. The van der Waals surface area contributed by atoms with E-state index in [0.717, 1.165) is 4.57 Å². The Morgan fingerprint density at radius 1 is 1.02 bits per heavy atom. The molecule has 0 spiro atoms. The Kier molecular flexibility index (Phi) is 10.3. The maximum atomic E-state index is 14.0. The third-order valence-electron chi connectivity index (χ3n) is 5.89. The van der Waals surface area contributed by atoms with E-state index in [4.69, 9.17) is 21.1 Å². The molecule has 1 unspecified atom stereocenters. The number of fused-ring (bicyclic) bond motifs is 1. The molecule has 214 valence electrons. The van der Waals surface area contributed by atoms with Gasteiger partial charge in [-0.05, 0) is 36.4 Å². The fourth-order valence-corrected chi connectivity index (χ4v) is 4.03. The smallest absolute Gasteiger partial charge is 0.308 e. The average molecular weight is 585 g/mol. The van der Waals surface area contributed by atoms with Crippen molar-refractivity contribution in [3.63, 3.8) is 0 Å². The predicted octanol–water partition coefficient (Wildman–Crippen LogP) is 4.64. The number of pyridine rings is 1. The lowest BCUT2D eigenvalue weighted by Crippen LogP contribution is -2.48. The molecule has 0 fully saturated rings. The van der Waals surface area contributed by atoms with Gasteiger partial charge in [0.15, 0.2) is 23.2 Å². The largest absolute Gasteiger partial charge is 0.479 e. The van der Waals surface area contributed by atoms with Gasteiger partial charge in [-0.3, -0.25) is 19.2 Å². The SMILES string of the molecule is CCCOC(=O)C[C@H](NC(=O)C(CC)n1ccc2ccc(Cl)cc2c1=O)C(=O)COc1c(F)c(F)cc(F)c1F. The van der Waals surface area contributed by atoms with Gasteiger partial charge < -0.3 is 19.4 Å². The van der Waals surface area contributed by atoms with Gasteiger partial charge in [-0.25, -0.2) is 8.78 Å². The van der Waals surface area contributed by atoms with Crippen molar-refractivity contribution in [2.45, 2.75) is 45.2 Å². The summed E-state index contributed by atoms with van der Waals surface area (Å²) in [7, 11) is 0. The van der Waals surface area contributed by atoms with Crippen molar-refractivity contribution in [3.05, 3.63) is 75.2 Å². The van der Waals surface area contributed by atoms with Crippen LogP contribution in [-0.2, 0) is 19.1 Å². The van der Waals surface area contributed by atoms with Crippen LogP contribution in [-0.4, -0.2) is 41.5 Å². The quantitative estimate of drug-likeness (QED) is 0.189. The number of rotatable bonds is 12. The molecular formula is C27H25ClF4N2O6. The number of ketones is 1. The second-order valence-corrected chi connectivity index (χ2v) is 9.16. The van der Waals surface area contributed by atoms with E-state index in [1.54, 1.807) is 32.0 Å². The van der Waals surface area contributed by atoms with Crippen molar-refractivity contribution in [1.29, 1.82) is 0 Å². The van der Waals surface area contributed by atoms with Crippen LogP contribution in [0.15, 0.2) is 41.3 Å². The number of halogens is 5. The zero-order valence-electron chi connectivity index (χ0n) is 21.4. The van der Waals surface area contributed by atoms with Gasteiger partial charge in [-0.2, -0.15) is 8.78 Å². The van der Waals surface area contributed by atoms with Crippen LogP contribution < -0.4 is 15.6 Å². The Hall–Kier alpha value is -3.93. The minimum absolute atomic E-state index is 0.0236. The van der Waals surface area contributed by atoms with Gasteiger partial charge in [-0.15, -0.1) is 0 Å². The van der Waals surface area contributed by atoms with Gasteiger partial charge in [0.05, 0.1) is 13.0 Å². The third kappa shape index (κ3) is 6.98. The number of nitrogens with one attached hydrogen (secondary N) is 1. The fourth-order valence-electron chi connectivity index (χ4n) is 3.86. The Bertz CT molecular complexity index is 1470. The highest BCUT2D eigenvalue weighted by Gasteiger charge is 2.30. The minimum atomic E-state index is -1.86. The number of hydrogen-bond acceptors (Lipinski definition) is 6. The molecule has 1 heterocycles. The van der Waals surface area contributed by atoms with Gasteiger partial charge in [0, 0.05) is 22.7 Å². The number of ether oxygens (including phenoxy) is 2. The number of aromatic nitrogens is 1. The van der Waals surface area contributed by atoms with Gasteiger partial charge >= 0.3 is 5.97 Å². The molecular weight excluding hydrogens is 560 g/mol. The highest BCUT2D eigenvalue weighted by atomic mass is 35.5. The molecule has 2 aromatic carbocycles. The van der Waals surface area contributed by atoms with Crippen LogP contribution in [0.5, 0.6) is 5.75 Å². The van der Waals surface area contributed by atoms with Crippen molar-refractivity contribution in [1.82, 2.24) is 9.88 Å². The number of benzene rings is 2. The van der Waals surface area contributed by atoms with Crippen LogP contribution in [0.3, 0.4) is 0 Å². The summed E-state index contributed by atoms with van der Waals surface area (Å²) in [4.78, 5) is 51.5. The molecule has 0 radical (unpaired) electrons. The molecule has 0 bridgehead atoms. The van der Waals surface area contributed by atoms with Crippen LogP contribution in [0, 0.1) is 23.3 Å². The van der Waals surface area contributed by atoms with E-state index in [-0.39, 0.29) is 24.5 Å². The molecule has 40 heavy (non-hydrogen) atoms. The molecule has 13 heteroatoms. The summed E-state index contributed by atoms with van der Waals surface area (Å²) in [6.45, 7) is 2.20. The Morgan fingerprint density at radius 2 is 1.70 bits per heavy atom. The van der Waals surface area contributed by atoms with E-state index in [9.17, 15) is 36.7 Å². The van der Waals surface area contributed by atoms with E-state index < -0.39 is 77.3 Å². The summed E-state index contributed by atoms with van der Waals surface area (Å²) in [6, 6.07) is 3.50. The molecule has 1 amide bonds. The van der Waals surface area contributed by atoms with Crippen molar-refractivity contribution in [3.8, 4) is 5.75 Å². The number of hydrogen-bond donors (Lipinski definition) is 1. The monoisotopic (exact) mass is 584 g/mol. The second kappa shape index (κ2) is 13.4. The lowest BCUT2D eigenvalue weighted by molar-refractivity contribution is -0.146. The van der Waals surface area contributed by atoms with Crippen LogP contribution in [0.2, 0.25) is 5.02 Å². The summed E-state index contributed by atoms with van der Waals surface area (Å²) in [6.07, 6.45) is 1.27. The predicted molar refractivity (Wildman–Crippen MR) is 137 cm³/mol. The summed E-state index contributed by atoms with van der Waals surface area (Å²) < 4.78 is 65.8. The first-order valence-electron chi connectivity index (χ1n) is 12.2. The molecule has 1 aromatic heterocycles. The normalized spacial score (nSPS) is 12.6. The maximum Gasteiger partial charge on any atom is 0.308 e. The lowest BCUT2D eigenvalue weighted by Gasteiger charge is -2.23. The minimum Gasteiger partial charge on any atom is -0.479 e. The van der Waals surface area contributed by atoms with Crippen molar-refractivity contribution < 1.29 is 41.4 Å². The van der Waals surface area contributed by atoms with Crippen molar-refractivity contribution >= 4 is 40.0 Å². The van der Waals surface area contributed by atoms with Crippen LogP contribution >= 0.6 is 11.6 Å². The zero-order valence-corrected chi connectivity index (χ0v) is 22.2. The molecule has 0 saturated carbocycles. The number of carbonyl (C=O) groups excluding carboxylic acids is 3. The van der Waals surface area contributed by atoms with E-state index in [1.165, 1.54) is 12.3 Å². The Balaban J connectivity index is 1.86. The third-order valence-corrected chi connectivity index (χ3v) is 6.13. The van der Waals surface area contributed by atoms with E-state index >= 15 is 0 Å².